The first-order chi connectivity index (χ1) is 8.72. The first-order valence-electron chi connectivity index (χ1n) is 6.48. The lowest BCUT2D eigenvalue weighted by Crippen LogP contribution is -2.06. The van der Waals surface area contributed by atoms with Gasteiger partial charge in [-0.1, -0.05) is 19.1 Å². The number of ether oxygens (including phenoxy) is 1. The highest BCUT2D eigenvalue weighted by Gasteiger charge is 2.06. The van der Waals surface area contributed by atoms with E-state index in [2.05, 4.69) is 38.0 Å². The molecule has 1 heterocycles. The summed E-state index contributed by atoms with van der Waals surface area (Å²) in [5, 5.41) is 4.51. The molecule has 0 atom stereocenters. The van der Waals surface area contributed by atoms with Crippen LogP contribution in [0.1, 0.15) is 30.8 Å². The lowest BCUT2D eigenvalue weighted by molar-refractivity contribution is 0.292. The molecule has 1 aromatic heterocycles. The van der Waals surface area contributed by atoms with Crippen molar-refractivity contribution < 1.29 is 4.74 Å². The molecule has 96 valence electrons. The molecule has 0 bridgehead atoms. The topological polar surface area (TPSA) is 27.1 Å². The highest BCUT2D eigenvalue weighted by atomic mass is 16.5. The SMILES string of the molecule is CCc1cc(COc2cccc(C)c2)n(CC)n1. The average molecular weight is 244 g/mol. The summed E-state index contributed by atoms with van der Waals surface area (Å²) < 4.78 is 7.82. The summed E-state index contributed by atoms with van der Waals surface area (Å²) in [5.41, 5.74) is 3.47. The van der Waals surface area contributed by atoms with Crippen LogP contribution in [0.4, 0.5) is 0 Å². The van der Waals surface area contributed by atoms with Crippen LogP contribution in [0.3, 0.4) is 0 Å². The Morgan fingerprint density at radius 2 is 2.06 bits per heavy atom. The smallest absolute Gasteiger partial charge is 0.130 e. The summed E-state index contributed by atoms with van der Waals surface area (Å²) in [6.45, 7) is 7.74. The molecule has 1 aromatic carbocycles. The molecule has 0 unspecified atom stereocenters. The van der Waals surface area contributed by atoms with Gasteiger partial charge in [-0.2, -0.15) is 5.10 Å². The molecule has 0 N–H and O–H groups in total. The molecule has 0 amide bonds. The largest absolute Gasteiger partial charge is 0.487 e. The number of aryl methyl sites for hydroxylation is 3. The fourth-order valence-corrected chi connectivity index (χ4v) is 1.94. The third-order valence-electron chi connectivity index (χ3n) is 2.95. The van der Waals surface area contributed by atoms with Crippen LogP contribution in [-0.2, 0) is 19.6 Å². The van der Waals surface area contributed by atoms with E-state index in [1.54, 1.807) is 0 Å². The molecular formula is C15H20N2O. The molecule has 0 aliphatic carbocycles. The van der Waals surface area contributed by atoms with Gasteiger partial charge < -0.3 is 4.74 Å². The zero-order valence-electron chi connectivity index (χ0n) is 11.3. The Balaban J connectivity index is 2.07. The van der Waals surface area contributed by atoms with Crippen molar-refractivity contribution in [1.29, 1.82) is 0 Å². The van der Waals surface area contributed by atoms with Crippen molar-refractivity contribution in [3.05, 3.63) is 47.3 Å². The molecule has 0 spiro atoms. The van der Waals surface area contributed by atoms with E-state index in [9.17, 15) is 0 Å². The van der Waals surface area contributed by atoms with E-state index < -0.39 is 0 Å². The first-order valence-corrected chi connectivity index (χ1v) is 6.48. The van der Waals surface area contributed by atoms with Crippen molar-refractivity contribution in [2.45, 2.75) is 40.3 Å². The van der Waals surface area contributed by atoms with Crippen LogP contribution in [0, 0.1) is 6.92 Å². The van der Waals surface area contributed by atoms with Crippen molar-refractivity contribution in [3.63, 3.8) is 0 Å². The Morgan fingerprint density at radius 1 is 1.22 bits per heavy atom. The molecule has 0 aliphatic rings. The molecule has 2 aromatic rings. The Bertz CT molecular complexity index is 517. The second kappa shape index (κ2) is 5.71. The molecule has 0 radical (unpaired) electrons. The number of benzene rings is 1. The van der Waals surface area contributed by atoms with E-state index in [0.29, 0.717) is 6.61 Å². The maximum absolute atomic E-state index is 5.81. The second-order valence-corrected chi connectivity index (χ2v) is 4.40. The van der Waals surface area contributed by atoms with Gasteiger partial charge in [0.05, 0.1) is 11.4 Å². The third kappa shape index (κ3) is 2.92. The molecule has 3 heteroatoms. The van der Waals surface area contributed by atoms with Gasteiger partial charge in [-0.05, 0) is 44.0 Å². The van der Waals surface area contributed by atoms with Crippen molar-refractivity contribution in [3.8, 4) is 5.75 Å². The Morgan fingerprint density at radius 3 is 2.72 bits per heavy atom. The predicted octanol–water partition coefficient (Wildman–Crippen LogP) is 3.35. The minimum Gasteiger partial charge on any atom is -0.487 e. The van der Waals surface area contributed by atoms with Gasteiger partial charge in [0.25, 0.3) is 0 Å². The van der Waals surface area contributed by atoms with Crippen LogP contribution in [-0.4, -0.2) is 9.78 Å². The van der Waals surface area contributed by atoms with Crippen LogP contribution >= 0.6 is 0 Å². The van der Waals surface area contributed by atoms with Gasteiger partial charge in [0.1, 0.15) is 12.4 Å². The van der Waals surface area contributed by atoms with Gasteiger partial charge in [0, 0.05) is 6.54 Å². The molecule has 2 rings (SSSR count). The number of hydrogen-bond acceptors (Lipinski definition) is 2. The van der Waals surface area contributed by atoms with Gasteiger partial charge in [0.2, 0.25) is 0 Å². The van der Waals surface area contributed by atoms with Crippen molar-refractivity contribution >= 4 is 0 Å². The molecule has 0 fully saturated rings. The number of nitrogens with zero attached hydrogens (tertiary/aromatic N) is 2. The third-order valence-corrected chi connectivity index (χ3v) is 2.95. The van der Waals surface area contributed by atoms with Gasteiger partial charge in [-0.15, -0.1) is 0 Å². The van der Waals surface area contributed by atoms with E-state index in [-0.39, 0.29) is 0 Å². The maximum Gasteiger partial charge on any atom is 0.130 e. The monoisotopic (exact) mass is 244 g/mol. The Labute approximate surface area is 108 Å². The first kappa shape index (κ1) is 12.7. The predicted molar refractivity (Wildman–Crippen MR) is 72.8 cm³/mol. The summed E-state index contributed by atoms with van der Waals surface area (Å²) in [4.78, 5) is 0. The number of aromatic nitrogens is 2. The highest BCUT2D eigenvalue weighted by Crippen LogP contribution is 2.15. The summed E-state index contributed by atoms with van der Waals surface area (Å²) in [5.74, 6) is 0.914. The highest BCUT2D eigenvalue weighted by molar-refractivity contribution is 5.27. The summed E-state index contributed by atoms with van der Waals surface area (Å²) in [6, 6.07) is 10.2. The fraction of sp³-hybridized carbons (Fsp3) is 0.400. The Hall–Kier alpha value is -1.77. The van der Waals surface area contributed by atoms with Gasteiger partial charge in [0.15, 0.2) is 0 Å². The average Bonchev–Trinajstić information content (AvgIpc) is 2.79. The summed E-state index contributed by atoms with van der Waals surface area (Å²) >= 11 is 0. The molecule has 3 nitrogen and oxygen atoms in total. The van der Waals surface area contributed by atoms with Gasteiger partial charge in [-0.25, -0.2) is 0 Å². The van der Waals surface area contributed by atoms with Crippen molar-refractivity contribution in [2.75, 3.05) is 0 Å². The molecule has 18 heavy (non-hydrogen) atoms. The molecule has 0 aliphatic heterocycles. The fourth-order valence-electron chi connectivity index (χ4n) is 1.94. The van der Waals surface area contributed by atoms with Crippen LogP contribution in [0.5, 0.6) is 5.75 Å². The van der Waals surface area contributed by atoms with E-state index in [1.165, 1.54) is 5.56 Å². The minimum absolute atomic E-state index is 0.574. The van der Waals surface area contributed by atoms with Crippen molar-refractivity contribution in [2.24, 2.45) is 0 Å². The zero-order chi connectivity index (χ0) is 13.0. The normalized spacial score (nSPS) is 10.6. The standard InChI is InChI=1S/C15H20N2O/c1-4-13-10-14(17(5-2)16-13)11-18-15-8-6-7-12(3)9-15/h6-10H,4-5,11H2,1-3H3. The molecule has 0 saturated heterocycles. The summed E-state index contributed by atoms with van der Waals surface area (Å²) in [7, 11) is 0. The lowest BCUT2D eigenvalue weighted by atomic mass is 10.2. The number of hydrogen-bond donors (Lipinski definition) is 0. The molecular weight excluding hydrogens is 224 g/mol. The summed E-state index contributed by atoms with van der Waals surface area (Å²) in [6.07, 6.45) is 0.963. The van der Waals surface area contributed by atoms with Gasteiger partial charge >= 0.3 is 0 Å². The maximum atomic E-state index is 5.81. The van der Waals surface area contributed by atoms with Crippen LogP contribution in [0.15, 0.2) is 30.3 Å². The van der Waals surface area contributed by atoms with Crippen molar-refractivity contribution in [1.82, 2.24) is 9.78 Å². The Kier molecular flexibility index (Phi) is 4.03. The van der Waals surface area contributed by atoms with E-state index >= 15 is 0 Å². The van der Waals surface area contributed by atoms with Crippen LogP contribution in [0.2, 0.25) is 0 Å². The van der Waals surface area contributed by atoms with Gasteiger partial charge in [-0.3, -0.25) is 4.68 Å². The van der Waals surface area contributed by atoms with Crippen LogP contribution < -0.4 is 4.74 Å². The molecule has 0 saturated carbocycles. The second-order valence-electron chi connectivity index (χ2n) is 4.40. The van der Waals surface area contributed by atoms with E-state index in [4.69, 9.17) is 4.74 Å². The minimum atomic E-state index is 0.574. The number of rotatable bonds is 5. The van der Waals surface area contributed by atoms with E-state index in [0.717, 1.165) is 30.1 Å². The lowest BCUT2D eigenvalue weighted by Gasteiger charge is -2.08. The quantitative estimate of drug-likeness (QED) is 0.806. The zero-order valence-corrected chi connectivity index (χ0v) is 11.3. The van der Waals surface area contributed by atoms with Crippen LogP contribution in [0.25, 0.3) is 0 Å². The van der Waals surface area contributed by atoms with E-state index in [1.807, 2.05) is 22.9 Å².